The van der Waals surface area contributed by atoms with Gasteiger partial charge in [-0.25, -0.2) is 15.0 Å². The summed E-state index contributed by atoms with van der Waals surface area (Å²) < 4.78 is 43.8. The van der Waals surface area contributed by atoms with Crippen molar-refractivity contribution in [3.05, 3.63) is 77.8 Å². The molecule has 1 aliphatic heterocycles. The fourth-order valence-corrected chi connectivity index (χ4v) is 3.63. The van der Waals surface area contributed by atoms with E-state index < -0.39 is 11.9 Å². The summed E-state index contributed by atoms with van der Waals surface area (Å²) in [5, 5.41) is 0.693. The lowest BCUT2D eigenvalue weighted by molar-refractivity contribution is -0.141. The molecule has 5 rings (SSSR count). The minimum absolute atomic E-state index is 0.145. The normalized spacial score (nSPS) is 14.5. The van der Waals surface area contributed by atoms with Crippen LogP contribution in [0.5, 0.6) is 0 Å². The summed E-state index contributed by atoms with van der Waals surface area (Å²) in [7, 11) is 0. The first kappa shape index (κ1) is 23.7. The average Bonchev–Trinajstić information content (AvgIpc) is 2.84. The van der Waals surface area contributed by atoms with Gasteiger partial charge in [-0.2, -0.15) is 13.2 Å². The maximum atomic E-state index is 12.8. The molecule has 1 aliphatic rings. The quantitative estimate of drug-likeness (QED) is 0.377. The van der Waals surface area contributed by atoms with Crippen molar-refractivity contribution in [2.75, 3.05) is 13.2 Å². The fourth-order valence-electron chi connectivity index (χ4n) is 3.63. The molecule has 0 spiro atoms. The van der Waals surface area contributed by atoms with Gasteiger partial charge in [0.1, 0.15) is 11.5 Å². The number of hydrogen-bond donors (Lipinski definition) is 0. The van der Waals surface area contributed by atoms with Crippen LogP contribution in [0.3, 0.4) is 0 Å². The van der Waals surface area contributed by atoms with E-state index in [2.05, 4.69) is 24.9 Å². The molecule has 1 fully saturated rings. The molecule has 0 amide bonds. The SMILES string of the molecule is Cc1ccc2c(-c3ccc(C(F)(F)F)nc3)nc(C3CCOCC3)nc2n1.Cc1ccccn1. The van der Waals surface area contributed by atoms with Crippen LogP contribution in [-0.2, 0) is 10.9 Å². The van der Waals surface area contributed by atoms with Crippen LogP contribution in [0.2, 0.25) is 0 Å². The lowest BCUT2D eigenvalue weighted by Crippen LogP contribution is -2.17. The second kappa shape index (κ2) is 10.2. The Kier molecular flexibility index (Phi) is 7.12. The molecule has 6 nitrogen and oxygen atoms in total. The molecule has 4 aromatic heterocycles. The van der Waals surface area contributed by atoms with Crippen LogP contribution < -0.4 is 0 Å². The highest BCUT2D eigenvalue weighted by Crippen LogP contribution is 2.32. The van der Waals surface area contributed by atoms with E-state index in [9.17, 15) is 13.2 Å². The minimum Gasteiger partial charge on any atom is -0.381 e. The molecule has 0 atom stereocenters. The number of nitrogens with zero attached hydrogens (tertiary/aromatic N) is 5. The van der Waals surface area contributed by atoms with Crippen LogP contribution in [0.4, 0.5) is 13.2 Å². The lowest BCUT2D eigenvalue weighted by Gasteiger charge is -2.21. The van der Waals surface area contributed by atoms with E-state index in [0.29, 0.717) is 41.3 Å². The van der Waals surface area contributed by atoms with Crippen LogP contribution in [0, 0.1) is 13.8 Å². The van der Waals surface area contributed by atoms with Gasteiger partial charge >= 0.3 is 6.18 Å². The van der Waals surface area contributed by atoms with Crippen molar-refractivity contribution in [3.63, 3.8) is 0 Å². The summed E-state index contributed by atoms with van der Waals surface area (Å²) in [4.78, 5) is 21.4. The smallest absolute Gasteiger partial charge is 0.381 e. The molecule has 5 heterocycles. The van der Waals surface area contributed by atoms with Crippen molar-refractivity contribution in [1.29, 1.82) is 0 Å². The van der Waals surface area contributed by atoms with E-state index in [1.807, 2.05) is 44.2 Å². The zero-order valence-electron chi connectivity index (χ0n) is 18.9. The van der Waals surface area contributed by atoms with Gasteiger partial charge in [-0.05, 0) is 63.1 Å². The minimum atomic E-state index is -4.47. The van der Waals surface area contributed by atoms with Gasteiger partial charge in [0.15, 0.2) is 5.65 Å². The Morgan fingerprint density at radius 1 is 0.853 bits per heavy atom. The first-order valence-corrected chi connectivity index (χ1v) is 11.0. The zero-order chi connectivity index (χ0) is 24.1. The van der Waals surface area contributed by atoms with E-state index in [1.54, 1.807) is 6.20 Å². The van der Waals surface area contributed by atoms with E-state index in [-0.39, 0.29) is 5.92 Å². The monoisotopic (exact) mass is 467 g/mol. The Balaban J connectivity index is 0.000000336. The standard InChI is InChI=1S/C19H17F3N4O.C6H7N/c1-11-2-4-14-16(13-3-5-15(23-10-13)19(20,21)22)25-17(26-18(14)24-11)12-6-8-27-9-7-12;1-6-4-2-3-5-7-6/h2-5,10,12H,6-9H2,1H3;2-5H,1H3. The maximum Gasteiger partial charge on any atom is 0.433 e. The average molecular weight is 467 g/mol. The molecule has 9 heteroatoms. The van der Waals surface area contributed by atoms with Gasteiger partial charge in [0.2, 0.25) is 0 Å². The van der Waals surface area contributed by atoms with Crippen LogP contribution in [0.1, 0.15) is 41.7 Å². The topological polar surface area (TPSA) is 73.7 Å². The Morgan fingerprint density at radius 3 is 2.24 bits per heavy atom. The summed E-state index contributed by atoms with van der Waals surface area (Å²) >= 11 is 0. The van der Waals surface area contributed by atoms with Crippen molar-refractivity contribution < 1.29 is 17.9 Å². The number of aryl methyl sites for hydroxylation is 2. The summed E-state index contributed by atoms with van der Waals surface area (Å²) in [5.41, 5.74) is 2.56. The molecule has 0 bridgehead atoms. The Bertz CT molecular complexity index is 1240. The van der Waals surface area contributed by atoms with Crippen molar-refractivity contribution in [2.45, 2.75) is 38.8 Å². The predicted octanol–water partition coefficient (Wildman–Crippen LogP) is 5.70. The van der Waals surface area contributed by atoms with Gasteiger partial charge < -0.3 is 4.74 Å². The van der Waals surface area contributed by atoms with Gasteiger partial charge in [0.25, 0.3) is 0 Å². The second-order valence-electron chi connectivity index (χ2n) is 8.04. The molecule has 1 saturated heterocycles. The van der Waals surface area contributed by atoms with Crippen molar-refractivity contribution >= 4 is 11.0 Å². The van der Waals surface area contributed by atoms with Crippen LogP contribution >= 0.6 is 0 Å². The number of fused-ring (bicyclic) bond motifs is 1. The number of halogens is 3. The molecule has 0 N–H and O–H groups in total. The lowest BCUT2D eigenvalue weighted by atomic mass is 9.98. The molecule has 0 aromatic carbocycles. The largest absolute Gasteiger partial charge is 0.433 e. The van der Waals surface area contributed by atoms with Crippen molar-refractivity contribution in [2.24, 2.45) is 0 Å². The molecule has 0 aliphatic carbocycles. The number of ether oxygens (including phenoxy) is 1. The Hall–Kier alpha value is -3.46. The summed E-state index contributed by atoms with van der Waals surface area (Å²) in [6.07, 6.45) is 0.135. The molecular formula is C25H24F3N5O. The Labute approximate surface area is 195 Å². The summed E-state index contributed by atoms with van der Waals surface area (Å²) in [6, 6.07) is 11.9. The van der Waals surface area contributed by atoms with Gasteiger partial charge in [0.05, 0.1) is 5.69 Å². The van der Waals surface area contributed by atoms with Gasteiger partial charge in [-0.3, -0.25) is 9.97 Å². The molecule has 0 unspecified atom stereocenters. The third-order valence-corrected chi connectivity index (χ3v) is 5.44. The summed E-state index contributed by atoms with van der Waals surface area (Å²) in [5.74, 6) is 0.797. The molecular weight excluding hydrogens is 443 g/mol. The molecule has 34 heavy (non-hydrogen) atoms. The van der Waals surface area contributed by atoms with E-state index in [0.717, 1.165) is 30.3 Å². The summed E-state index contributed by atoms with van der Waals surface area (Å²) in [6.45, 7) is 5.13. The van der Waals surface area contributed by atoms with Crippen LogP contribution in [0.15, 0.2) is 54.9 Å². The maximum absolute atomic E-state index is 12.8. The van der Waals surface area contributed by atoms with Gasteiger partial charge in [-0.1, -0.05) is 6.07 Å². The number of aromatic nitrogens is 5. The first-order chi connectivity index (χ1) is 16.3. The molecule has 176 valence electrons. The van der Waals surface area contributed by atoms with E-state index >= 15 is 0 Å². The predicted molar refractivity (Wildman–Crippen MR) is 122 cm³/mol. The van der Waals surface area contributed by atoms with Crippen molar-refractivity contribution in [3.8, 4) is 11.3 Å². The van der Waals surface area contributed by atoms with E-state index in [1.165, 1.54) is 12.3 Å². The first-order valence-electron chi connectivity index (χ1n) is 11.0. The fraction of sp³-hybridized carbons (Fsp3) is 0.320. The van der Waals surface area contributed by atoms with Crippen molar-refractivity contribution in [1.82, 2.24) is 24.9 Å². The number of rotatable bonds is 2. The number of alkyl halides is 3. The zero-order valence-corrected chi connectivity index (χ0v) is 18.9. The molecule has 0 radical (unpaired) electrons. The highest BCUT2D eigenvalue weighted by atomic mass is 19.4. The van der Waals surface area contributed by atoms with Crippen LogP contribution in [0.25, 0.3) is 22.3 Å². The Morgan fingerprint density at radius 2 is 1.65 bits per heavy atom. The second-order valence-corrected chi connectivity index (χ2v) is 8.04. The molecule has 0 saturated carbocycles. The third kappa shape index (κ3) is 5.72. The van der Waals surface area contributed by atoms with Gasteiger partial charge in [0, 0.05) is 53.9 Å². The molecule has 4 aromatic rings. The highest BCUT2D eigenvalue weighted by Gasteiger charge is 2.32. The van der Waals surface area contributed by atoms with Gasteiger partial charge in [-0.15, -0.1) is 0 Å². The van der Waals surface area contributed by atoms with Crippen LogP contribution in [-0.4, -0.2) is 38.1 Å². The number of hydrogen-bond acceptors (Lipinski definition) is 6. The van der Waals surface area contributed by atoms with E-state index in [4.69, 9.17) is 4.74 Å². The highest BCUT2D eigenvalue weighted by molar-refractivity contribution is 5.90. The third-order valence-electron chi connectivity index (χ3n) is 5.44. The number of pyridine rings is 3.